The van der Waals surface area contributed by atoms with Gasteiger partial charge in [0.05, 0.1) is 0 Å². The van der Waals surface area contributed by atoms with E-state index in [4.69, 9.17) is 4.74 Å². The highest BCUT2D eigenvalue weighted by molar-refractivity contribution is 5.02. The van der Waals surface area contributed by atoms with Gasteiger partial charge in [-0.1, -0.05) is 39.8 Å². The zero-order valence-corrected chi connectivity index (χ0v) is 9.56. The molecule has 0 saturated heterocycles. The molecular formula is C12H20F2O. The molecule has 0 aliphatic heterocycles. The van der Waals surface area contributed by atoms with Crippen LogP contribution in [0.5, 0.6) is 0 Å². The zero-order chi connectivity index (χ0) is 11.8. The summed E-state index contributed by atoms with van der Waals surface area (Å²) in [5.41, 5.74) is 0. The second-order valence-electron chi connectivity index (χ2n) is 3.55. The lowest BCUT2D eigenvalue weighted by Gasteiger charge is -2.16. The van der Waals surface area contributed by atoms with Gasteiger partial charge in [0, 0.05) is 0 Å². The Morgan fingerprint density at radius 1 is 1.00 bits per heavy atom. The molecule has 88 valence electrons. The number of hydrogen-bond donors (Lipinski definition) is 0. The number of halogens is 2. The highest BCUT2D eigenvalue weighted by Gasteiger charge is 2.17. The van der Waals surface area contributed by atoms with E-state index in [-0.39, 0.29) is 11.5 Å². The third kappa shape index (κ3) is 5.55. The maximum atomic E-state index is 13.2. The van der Waals surface area contributed by atoms with Gasteiger partial charge in [0.1, 0.15) is 11.5 Å². The highest BCUT2D eigenvalue weighted by atomic mass is 19.1. The molecule has 0 aromatic rings. The topological polar surface area (TPSA) is 9.23 Å². The molecule has 0 N–H and O–H groups in total. The first kappa shape index (κ1) is 14.1. The third-order valence-corrected chi connectivity index (χ3v) is 2.05. The minimum atomic E-state index is -1.24. The lowest BCUT2D eigenvalue weighted by atomic mass is 10.2. The summed E-state index contributed by atoms with van der Waals surface area (Å²) in [4.78, 5) is 0. The van der Waals surface area contributed by atoms with Gasteiger partial charge >= 0.3 is 0 Å². The molecule has 0 heterocycles. The molecular weight excluding hydrogens is 198 g/mol. The number of allylic oxidation sites excluding steroid dienone is 2. The van der Waals surface area contributed by atoms with Crippen molar-refractivity contribution in [3.63, 3.8) is 0 Å². The first-order chi connectivity index (χ1) is 7.02. The van der Waals surface area contributed by atoms with Crippen molar-refractivity contribution in [2.24, 2.45) is 0 Å². The summed E-state index contributed by atoms with van der Waals surface area (Å²) in [5, 5.41) is 0. The monoisotopic (exact) mass is 218 g/mol. The molecule has 0 spiro atoms. The van der Waals surface area contributed by atoms with Crippen molar-refractivity contribution in [3.05, 3.63) is 24.7 Å². The Balaban J connectivity index is 4.00. The second kappa shape index (κ2) is 7.43. The molecule has 0 aromatic heterocycles. The summed E-state index contributed by atoms with van der Waals surface area (Å²) in [7, 11) is 0. The van der Waals surface area contributed by atoms with Gasteiger partial charge in [-0.25, -0.2) is 8.78 Å². The molecule has 15 heavy (non-hydrogen) atoms. The van der Waals surface area contributed by atoms with Crippen LogP contribution >= 0.6 is 0 Å². The van der Waals surface area contributed by atoms with E-state index in [1.54, 1.807) is 0 Å². The quantitative estimate of drug-likeness (QED) is 0.552. The number of ether oxygens (including phenoxy) is 1. The van der Waals surface area contributed by atoms with E-state index in [0.717, 1.165) is 0 Å². The van der Waals surface area contributed by atoms with Crippen LogP contribution in [-0.2, 0) is 4.74 Å². The van der Waals surface area contributed by atoms with Crippen molar-refractivity contribution < 1.29 is 13.5 Å². The Labute approximate surface area is 90.8 Å². The standard InChI is InChI=1S/C12H20F2O/c1-5-7-11(13)9(3)15-10(4)12(14)8-6-2/h11-12H,3-8H2,1-2H3. The van der Waals surface area contributed by atoms with Crippen LogP contribution < -0.4 is 0 Å². The van der Waals surface area contributed by atoms with E-state index in [0.29, 0.717) is 25.7 Å². The van der Waals surface area contributed by atoms with Crippen LogP contribution in [0.3, 0.4) is 0 Å². The predicted octanol–water partition coefficient (Wildman–Crippen LogP) is 4.31. The maximum Gasteiger partial charge on any atom is 0.157 e. The zero-order valence-electron chi connectivity index (χ0n) is 9.56. The Morgan fingerprint density at radius 2 is 1.33 bits per heavy atom. The van der Waals surface area contributed by atoms with E-state index in [1.165, 1.54) is 0 Å². The second-order valence-corrected chi connectivity index (χ2v) is 3.55. The molecule has 0 aliphatic rings. The minimum absolute atomic E-state index is 0.0411. The SMILES string of the molecule is C=C(OC(=C)C(F)CCC)C(F)CCC. The van der Waals surface area contributed by atoms with Gasteiger partial charge in [0.25, 0.3) is 0 Å². The van der Waals surface area contributed by atoms with Crippen LogP contribution in [0.4, 0.5) is 8.78 Å². The largest absolute Gasteiger partial charge is 0.461 e. The summed E-state index contributed by atoms with van der Waals surface area (Å²) in [6.07, 6.45) is -0.386. The number of rotatable bonds is 8. The van der Waals surface area contributed by atoms with Gasteiger partial charge in [0.15, 0.2) is 12.3 Å². The smallest absolute Gasteiger partial charge is 0.157 e. The number of hydrogen-bond acceptors (Lipinski definition) is 1. The van der Waals surface area contributed by atoms with E-state index in [2.05, 4.69) is 13.2 Å². The van der Waals surface area contributed by atoms with Gasteiger partial charge in [-0.15, -0.1) is 0 Å². The fraction of sp³-hybridized carbons (Fsp3) is 0.667. The molecule has 0 aromatic carbocycles. The van der Waals surface area contributed by atoms with Gasteiger partial charge in [-0.05, 0) is 12.8 Å². The molecule has 2 unspecified atom stereocenters. The van der Waals surface area contributed by atoms with Crippen LogP contribution in [0.1, 0.15) is 39.5 Å². The Morgan fingerprint density at radius 3 is 1.60 bits per heavy atom. The number of alkyl halides is 2. The summed E-state index contributed by atoms with van der Waals surface area (Å²) in [6, 6.07) is 0. The molecule has 3 heteroatoms. The maximum absolute atomic E-state index is 13.2. The van der Waals surface area contributed by atoms with Crippen molar-refractivity contribution in [2.75, 3.05) is 0 Å². The molecule has 2 atom stereocenters. The molecule has 1 nitrogen and oxygen atoms in total. The van der Waals surface area contributed by atoms with Gasteiger partial charge < -0.3 is 4.74 Å². The average Bonchev–Trinajstić information content (AvgIpc) is 2.18. The predicted molar refractivity (Wildman–Crippen MR) is 59.0 cm³/mol. The van der Waals surface area contributed by atoms with Crippen LogP contribution in [0.25, 0.3) is 0 Å². The molecule has 0 bridgehead atoms. The van der Waals surface area contributed by atoms with Crippen LogP contribution in [0.2, 0.25) is 0 Å². The highest BCUT2D eigenvalue weighted by Crippen LogP contribution is 2.20. The summed E-state index contributed by atoms with van der Waals surface area (Å²) < 4.78 is 31.4. The summed E-state index contributed by atoms with van der Waals surface area (Å²) in [5.74, 6) is -0.0822. The lowest BCUT2D eigenvalue weighted by molar-refractivity contribution is 0.162. The van der Waals surface area contributed by atoms with Gasteiger partial charge in [-0.3, -0.25) is 0 Å². The third-order valence-electron chi connectivity index (χ3n) is 2.05. The fourth-order valence-electron chi connectivity index (χ4n) is 1.13. The van der Waals surface area contributed by atoms with Crippen LogP contribution in [-0.4, -0.2) is 12.3 Å². The molecule has 0 saturated carbocycles. The molecule has 0 fully saturated rings. The Kier molecular flexibility index (Phi) is 7.01. The summed E-state index contributed by atoms with van der Waals surface area (Å²) in [6.45, 7) is 10.6. The van der Waals surface area contributed by atoms with Crippen molar-refractivity contribution in [3.8, 4) is 0 Å². The van der Waals surface area contributed by atoms with Crippen molar-refractivity contribution in [2.45, 2.75) is 51.9 Å². The fourth-order valence-corrected chi connectivity index (χ4v) is 1.13. The first-order valence-electron chi connectivity index (χ1n) is 5.36. The molecule has 0 rings (SSSR count). The first-order valence-corrected chi connectivity index (χ1v) is 5.36. The Hall–Kier alpha value is -0.860. The molecule has 0 radical (unpaired) electrons. The van der Waals surface area contributed by atoms with Gasteiger partial charge in [-0.2, -0.15) is 0 Å². The van der Waals surface area contributed by atoms with E-state index >= 15 is 0 Å². The van der Waals surface area contributed by atoms with E-state index in [9.17, 15) is 8.78 Å². The van der Waals surface area contributed by atoms with Crippen molar-refractivity contribution in [1.29, 1.82) is 0 Å². The normalized spacial score (nSPS) is 14.4. The molecule has 0 aliphatic carbocycles. The molecule has 0 amide bonds. The van der Waals surface area contributed by atoms with E-state index in [1.807, 2.05) is 13.8 Å². The van der Waals surface area contributed by atoms with Crippen molar-refractivity contribution >= 4 is 0 Å². The van der Waals surface area contributed by atoms with E-state index < -0.39 is 12.3 Å². The van der Waals surface area contributed by atoms with Crippen molar-refractivity contribution in [1.82, 2.24) is 0 Å². The minimum Gasteiger partial charge on any atom is -0.461 e. The average molecular weight is 218 g/mol. The lowest BCUT2D eigenvalue weighted by Crippen LogP contribution is -2.11. The van der Waals surface area contributed by atoms with Gasteiger partial charge in [0.2, 0.25) is 0 Å². The Bertz CT molecular complexity index is 192. The van der Waals surface area contributed by atoms with Crippen LogP contribution in [0, 0.1) is 0 Å². The summed E-state index contributed by atoms with van der Waals surface area (Å²) >= 11 is 0. The van der Waals surface area contributed by atoms with Crippen LogP contribution in [0.15, 0.2) is 24.7 Å².